The van der Waals surface area contributed by atoms with Crippen molar-refractivity contribution in [3.8, 4) is 11.1 Å². The highest BCUT2D eigenvalue weighted by molar-refractivity contribution is 8.21. The number of carboxylic acids is 1. The number of carbonyl (C=O) groups is 1. The molecule has 1 unspecified atom stereocenters. The molecule has 0 aliphatic heterocycles. The first kappa shape index (κ1) is 15.0. The Morgan fingerprint density at radius 2 is 1.60 bits per heavy atom. The van der Waals surface area contributed by atoms with E-state index in [1.165, 1.54) is 4.70 Å². The summed E-state index contributed by atoms with van der Waals surface area (Å²) in [6.07, 6.45) is 0. The van der Waals surface area contributed by atoms with Gasteiger partial charge in [0.25, 0.3) is 0 Å². The summed E-state index contributed by atoms with van der Waals surface area (Å²) in [5, 5.41) is 9.20. The van der Waals surface area contributed by atoms with Crippen molar-refractivity contribution >= 4 is 46.2 Å². The van der Waals surface area contributed by atoms with Crippen molar-refractivity contribution in [2.45, 2.75) is 5.25 Å². The summed E-state index contributed by atoms with van der Waals surface area (Å²) in [6, 6.07) is 14.9. The van der Waals surface area contributed by atoms with Crippen molar-refractivity contribution in [3.63, 3.8) is 0 Å². The molecule has 0 aliphatic rings. The van der Waals surface area contributed by atoms with Gasteiger partial charge in [0.1, 0.15) is 5.25 Å². The first-order valence-corrected chi connectivity index (χ1v) is 7.59. The molecule has 2 aromatic rings. The van der Waals surface area contributed by atoms with E-state index < -0.39 is 11.2 Å². The van der Waals surface area contributed by atoms with E-state index in [1.807, 2.05) is 48.5 Å². The smallest absolute Gasteiger partial charge is 0.321 e. The van der Waals surface area contributed by atoms with Crippen LogP contribution in [0.15, 0.2) is 48.5 Å². The third kappa shape index (κ3) is 3.60. The van der Waals surface area contributed by atoms with Gasteiger partial charge in [-0.1, -0.05) is 60.2 Å². The summed E-state index contributed by atoms with van der Waals surface area (Å²) < 4.78 is 1.38. The second-order valence-electron chi connectivity index (χ2n) is 4.08. The van der Waals surface area contributed by atoms with Crippen molar-refractivity contribution in [1.82, 2.24) is 0 Å². The van der Waals surface area contributed by atoms with Gasteiger partial charge in [-0.2, -0.15) is 0 Å². The minimum absolute atomic E-state index is 0.660. The summed E-state index contributed by atoms with van der Waals surface area (Å²) in [7, 11) is 0. The van der Waals surface area contributed by atoms with Gasteiger partial charge in [-0.3, -0.25) is 4.79 Å². The third-order valence-electron chi connectivity index (χ3n) is 2.81. The van der Waals surface area contributed by atoms with Crippen molar-refractivity contribution in [2.75, 3.05) is 0 Å². The Labute approximate surface area is 131 Å². The van der Waals surface area contributed by atoms with E-state index in [9.17, 15) is 9.90 Å². The van der Waals surface area contributed by atoms with E-state index in [0.717, 1.165) is 28.5 Å². The number of hydrogen-bond acceptors (Lipinski definition) is 3. The molecule has 2 nitrogen and oxygen atoms in total. The van der Waals surface area contributed by atoms with Crippen LogP contribution >= 0.6 is 35.6 Å². The Kier molecular flexibility index (Phi) is 5.17. The molecule has 102 valence electrons. The van der Waals surface area contributed by atoms with Gasteiger partial charge in [0, 0.05) is 9.72 Å². The van der Waals surface area contributed by atoms with E-state index in [1.54, 1.807) is 0 Å². The molecule has 2 aromatic carbocycles. The highest BCUT2D eigenvalue weighted by Crippen LogP contribution is 2.30. The number of rotatable bonds is 5. The zero-order valence-electron chi connectivity index (χ0n) is 10.3. The van der Waals surface area contributed by atoms with Gasteiger partial charge in [0.2, 0.25) is 0 Å². The fourth-order valence-electron chi connectivity index (χ4n) is 1.83. The number of benzene rings is 2. The van der Waals surface area contributed by atoms with Crippen molar-refractivity contribution < 1.29 is 9.90 Å². The van der Waals surface area contributed by atoms with Crippen molar-refractivity contribution in [1.29, 1.82) is 0 Å². The lowest BCUT2D eigenvalue weighted by Gasteiger charge is -2.10. The second kappa shape index (κ2) is 6.88. The second-order valence-corrected chi connectivity index (χ2v) is 6.03. The van der Waals surface area contributed by atoms with Gasteiger partial charge < -0.3 is 5.11 Å². The van der Waals surface area contributed by atoms with Gasteiger partial charge in [-0.15, -0.1) is 11.8 Å². The predicted molar refractivity (Wildman–Crippen MR) is 88.5 cm³/mol. The molecule has 0 aliphatic carbocycles. The Morgan fingerprint density at radius 3 is 2.05 bits per heavy atom. The molecule has 0 saturated heterocycles. The Bertz CT molecular complexity index is 609. The molecule has 20 heavy (non-hydrogen) atoms. The van der Waals surface area contributed by atoms with Crippen LogP contribution in [0.25, 0.3) is 11.1 Å². The van der Waals surface area contributed by atoms with E-state index in [4.69, 9.17) is 23.8 Å². The summed E-state index contributed by atoms with van der Waals surface area (Å²) >= 11 is 11.7. The van der Waals surface area contributed by atoms with Crippen LogP contribution in [0.2, 0.25) is 5.02 Å². The first-order valence-electron chi connectivity index (χ1n) is 5.79. The molecule has 1 N–H and O–H groups in total. The molecular weight excluding hydrogens is 312 g/mol. The maximum atomic E-state index is 11.2. The number of halogens is 1. The molecule has 0 radical (unpaired) electrons. The molecule has 0 saturated carbocycles. The maximum absolute atomic E-state index is 11.2. The van der Waals surface area contributed by atoms with Crippen LogP contribution in [-0.2, 0) is 4.79 Å². The predicted octanol–water partition coefficient (Wildman–Crippen LogP) is 4.82. The molecule has 2 rings (SSSR count). The van der Waals surface area contributed by atoms with Gasteiger partial charge in [-0.05, 0) is 28.8 Å². The standard InChI is InChI=1S/C15H11ClO2S2/c16-13-7-5-11(6-8-13)10-1-3-12(4-2-10)14(15(17)18)20-9-19/h1-9,14H,(H,17,18). The SMILES string of the molecule is O=C(O)C(SC=S)c1ccc(-c2ccc(Cl)cc2)cc1. The lowest BCUT2D eigenvalue weighted by Crippen LogP contribution is -2.07. The molecule has 5 heteroatoms. The average molecular weight is 323 g/mol. The normalized spacial score (nSPS) is 11.8. The minimum Gasteiger partial charge on any atom is -0.480 e. The van der Waals surface area contributed by atoms with E-state index >= 15 is 0 Å². The quantitative estimate of drug-likeness (QED) is 0.800. The van der Waals surface area contributed by atoms with Gasteiger partial charge in [0.15, 0.2) is 0 Å². The Morgan fingerprint density at radius 1 is 1.10 bits per heavy atom. The molecule has 0 bridgehead atoms. The van der Waals surface area contributed by atoms with E-state index in [-0.39, 0.29) is 0 Å². The highest BCUT2D eigenvalue weighted by atomic mass is 35.5. The van der Waals surface area contributed by atoms with Crippen LogP contribution in [0, 0.1) is 0 Å². The zero-order chi connectivity index (χ0) is 14.5. The molecule has 0 spiro atoms. The highest BCUT2D eigenvalue weighted by Gasteiger charge is 2.19. The van der Waals surface area contributed by atoms with Crippen molar-refractivity contribution in [3.05, 3.63) is 59.1 Å². The monoisotopic (exact) mass is 322 g/mol. The number of aliphatic carboxylic acids is 1. The molecule has 1 atom stereocenters. The van der Waals surface area contributed by atoms with Crippen LogP contribution in [0.4, 0.5) is 0 Å². The van der Waals surface area contributed by atoms with Gasteiger partial charge in [0.05, 0.1) is 0 Å². The zero-order valence-corrected chi connectivity index (χ0v) is 12.7. The van der Waals surface area contributed by atoms with Crippen molar-refractivity contribution in [2.24, 2.45) is 0 Å². The van der Waals surface area contributed by atoms with Gasteiger partial charge >= 0.3 is 5.97 Å². The molecule has 0 fully saturated rings. The lowest BCUT2D eigenvalue weighted by molar-refractivity contribution is -0.136. The fraction of sp³-hybridized carbons (Fsp3) is 0.0667. The summed E-state index contributed by atoms with van der Waals surface area (Å²) in [6.45, 7) is 0. The molecular formula is C15H11ClO2S2. The molecule has 0 heterocycles. The average Bonchev–Trinajstić information content (AvgIpc) is 2.45. The Hall–Kier alpha value is -1.36. The summed E-state index contributed by atoms with van der Waals surface area (Å²) in [4.78, 5) is 11.2. The third-order valence-corrected chi connectivity index (χ3v) is 4.25. The topological polar surface area (TPSA) is 37.3 Å². The van der Waals surface area contributed by atoms with Crippen LogP contribution in [0.1, 0.15) is 10.8 Å². The summed E-state index contributed by atoms with van der Waals surface area (Å²) in [5.41, 5.74) is 2.78. The largest absolute Gasteiger partial charge is 0.480 e. The van der Waals surface area contributed by atoms with Crippen LogP contribution < -0.4 is 0 Å². The molecule has 0 aromatic heterocycles. The lowest BCUT2D eigenvalue weighted by atomic mass is 10.0. The van der Waals surface area contributed by atoms with Crippen LogP contribution in [0.5, 0.6) is 0 Å². The van der Waals surface area contributed by atoms with E-state index in [0.29, 0.717) is 5.02 Å². The number of hydrogen-bond donors (Lipinski definition) is 1. The minimum atomic E-state index is -0.893. The first-order chi connectivity index (χ1) is 9.61. The van der Waals surface area contributed by atoms with E-state index in [2.05, 4.69) is 0 Å². The number of thiocarbonyl (C=S) groups is 1. The maximum Gasteiger partial charge on any atom is 0.321 e. The number of carboxylic acid groups (broad SMARTS) is 1. The van der Waals surface area contributed by atoms with Crippen LogP contribution in [-0.4, -0.2) is 15.8 Å². The summed E-state index contributed by atoms with van der Waals surface area (Å²) in [5.74, 6) is -0.893. The Balaban J connectivity index is 2.27. The number of thioether (sulfide) groups is 1. The fourth-order valence-corrected chi connectivity index (χ4v) is 2.83. The van der Waals surface area contributed by atoms with Gasteiger partial charge in [-0.25, -0.2) is 0 Å². The molecule has 0 amide bonds. The van der Waals surface area contributed by atoms with Crippen LogP contribution in [0.3, 0.4) is 0 Å².